The predicted molar refractivity (Wildman–Crippen MR) is 170 cm³/mol. The van der Waals surface area contributed by atoms with Crippen molar-refractivity contribution >= 4 is 23.5 Å². The van der Waals surface area contributed by atoms with Crippen LogP contribution in [0.2, 0.25) is 0 Å². The molecule has 4 heterocycles. The van der Waals surface area contributed by atoms with Crippen LogP contribution in [-0.2, 0) is 4.79 Å². The normalized spacial score (nSPS) is 17.9. The number of H-pyrrole nitrogens is 1. The van der Waals surface area contributed by atoms with E-state index in [1.165, 1.54) is 47.8 Å². The van der Waals surface area contributed by atoms with Gasteiger partial charge in [0.05, 0.1) is 5.69 Å². The third-order valence-corrected chi connectivity index (χ3v) is 9.50. The van der Waals surface area contributed by atoms with E-state index in [1.807, 2.05) is 0 Å². The molecule has 220 valence electrons. The van der Waals surface area contributed by atoms with Crippen molar-refractivity contribution in [1.29, 1.82) is 0 Å². The van der Waals surface area contributed by atoms with Crippen LogP contribution in [0.5, 0.6) is 0 Å². The largest absolute Gasteiger partial charge is 0.354 e. The summed E-state index contributed by atoms with van der Waals surface area (Å²) in [5.74, 6) is 1.16. The Morgan fingerprint density at radius 2 is 1.76 bits per heavy atom. The molecule has 5 rings (SSSR count). The van der Waals surface area contributed by atoms with Gasteiger partial charge in [-0.05, 0) is 98.8 Å². The van der Waals surface area contributed by atoms with Crippen LogP contribution in [0.25, 0.3) is 22.2 Å². The first-order valence-electron chi connectivity index (χ1n) is 15.6. The SMILES string of the molecule is C=Nn1cc(-c2[nH]c3ccc(C4CCN(C(=O)CCN5CCCCCC5)CC4)cc3c2C(C)C)c(C)c(C)/c1=N/C. The molecule has 41 heavy (non-hydrogen) atoms. The second-order valence-corrected chi connectivity index (χ2v) is 12.4. The summed E-state index contributed by atoms with van der Waals surface area (Å²) in [6.07, 6.45) is 9.99. The van der Waals surface area contributed by atoms with Crippen LogP contribution in [0.3, 0.4) is 0 Å². The van der Waals surface area contributed by atoms with Crippen LogP contribution in [0.15, 0.2) is 34.5 Å². The molecule has 2 aliphatic heterocycles. The number of piperidine rings is 1. The second kappa shape index (κ2) is 12.8. The molecule has 2 fully saturated rings. The molecule has 2 aromatic heterocycles. The number of hydrogen-bond acceptors (Lipinski definition) is 4. The first-order valence-corrected chi connectivity index (χ1v) is 15.6. The molecule has 0 aliphatic carbocycles. The molecule has 1 amide bonds. The monoisotopic (exact) mass is 556 g/mol. The topological polar surface area (TPSA) is 69.0 Å². The Morgan fingerprint density at radius 3 is 2.39 bits per heavy atom. The molecule has 0 spiro atoms. The van der Waals surface area contributed by atoms with Gasteiger partial charge in [0.2, 0.25) is 5.91 Å². The summed E-state index contributed by atoms with van der Waals surface area (Å²) >= 11 is 0. The number of nitrogens with zero attached hydrogens (tertiary/aromatic N) is 5. The summed E-state index contributed by atoms with van der Waals surface area (Å²) in [4.78, 5) is 25.8. The van der Waals surface area contributed by atoms with Crippen molar-refractivity contribution in [2.24, 2.45) is 10.1 Å². The van der Waals surface area contributed by atoms with Gasteiger partial charge in [-0.1, -0.05) is 32.8 Å². The minimum atomic E-state index is 0.333. The standard InChI is InChI=1S/C34H48N6O/c1-23(2)32-28-21-27(26-13-19-39(20-14-26)31(41)15-18-38-16-9-7-8-10-17-38)11-12-30(28)37-33(32)29-22-40(36-6)34(35-5)25(4)24(29)3/h11-12,21-23,26,37H,6-10,13-20H2,1-5H3/b35-34-. The summed E-state index contributed by atoms with van der Waals surface area (Å²) < 4.78 is 1.78. The molecule has 0 radical (unpaired) electrons. The highest BCUT2D eigenvalue weighted by atomic mass is 16.2. The number of aromatic nitrogens is 2. The fourth-order valence-electron chi connectivity index (χ4n) is 6.98. The fraction of sp³-hybridized carbons (Fsp3) is 0.559. The van der Waals surface area contributed by atoms with Gasteiger partial charge in [-0.15, -0.1) is 0 Å². The summed E-state index contributed by atoms with van der Waals surface area (Å²) in [6, 6.07) is 6.94. The highest BCUT2D eigenvalue weighted by Gasteiger charge is 2.26. The van der Waals surface area contributed by atoms with Gasteiger partial charge in [0, 0.05) is 62.5 Å². The van der Waals surface area contributed by atoms with Gasteiger partial charge in [-0.25, -0.2) is 4.68 Å². The molecule has 2 saturated heterocycles. The Balaban J connectivity index is 1.35. The first-order chi connectivity index (χ1) is 19.8. The number of nitrogens with one attached hydrogen (secondary N) is 1. The lowest BCUT2D eigenvalue weighted by Gasteiger charge is -2.33. The third kappa shape index (κ3) is 6.06. The van der Waals surface area contributed by atoms with Crippen molar-refractivity contribution in [2.75, 3.05) is 39.8 Å². The number of carbonyl (C=O) groups is 1. The number of likely N-dealkylation sites (tertiary alicyclic amines) is 2. The number of benzene rings is 1. The van der Waals surface area contributed by atoms with Gasteiger partial charge >= 0.3 is 0 Å². The lowest BCUT2D eigenvalue weighted by Crippen LogP contribution is -2.39. The number of aromatic amines is 1. The van der Waals surface area contributed by atoms with Gasteiger partial charge in [-0.3, -0.25) is 9.79 Å². The molecule has 2 aliphatic rings. The molecular weight excluding hydrogens is 508 g/mol. The summed E-state index contributed by atoms with van der Waals surface area (Å²) in [6.45, 7) is 17.5. The summed E-state index contributed by atoms with van der Waals surface area (Å²) in [5, 5.41) is 5.51. The maximum absolute atomic E-state index is 13.0. The van der Waals surface area contributed by atoms with Gasteiger partial charge < -0.3 is 14.8 Å². The zero-order valence-corrected chi connectivity index (χ0v) is 25.8. The Morgan fingerprint density at radius 1 is 1.05 bits per heavy atom. The highest BCUT2D eigenvalue weighted by molar-refractivity contribution is 5.92. The average Bonchev–Trinajstić information content (AvgIpc) is 3.16. The number of rotatable bonds is 7. The molecule has 0 bridgehead atoms. The summed E-state index contributed by atoms with van der Waals surface area (Å²) in [7, 11) is 1.80. The van der Waals surface area contributed by atoms with Gasteiger partial charge in [-0.2, -0.15) is 5.10 Å². The number of carbonyl (C=O) groups excluding carboxylic acids is 1. The second-order valence-electron chi connectivity index (χ2n) is 12.4. The zero-order valence-electron chi connectivity index (χ0n) is 25.8. The van der Waals surface area contributed by atoms with E-state index in [1.54, 1.807) is 11.7 Å². The molecule has 7 heteroatoms. The highest BCUT2D eigenvalue weighted by Crippen LogP contribution is 2.39. The fourth-order valence-corrected chi connectivity index (χ4v) is 6.98. The number of fused-ring (bicyclic) bond motifs is 1. The molecule has 0 atom stereocenters. The van der Waals surface area contributed by atoms with E-state index in [4.69, 9.17) is 0 Å². The number of amides is 1. The van der Waals surface area contributed by atoms with Crippen LogP contribution in [0.1, 0.15) is 92.9 Å². The van der Waals surface area contributed by atoms with Crippen LogP contribution in [0.4, 0.5) is 0 Å². The van der Waals surface area contributed by atoms with E-state index in [9.17, 15) is 4.79 Å². The minimum Gasteiger partial charge on any atom is -0.354 e. The Labute approximate surface area is 245 Å². The van der Waals surface area contributed by atoms with Crippen molar-refractivity contribution < 1.29 is 4.79 Å². The van der Waals surface area contributed by atoms with Crippen molar-refractivity contribution in [3.05, 3.63) is 52.1 Å². The molecule has 1 N–H and O–H groups in total. The zero-order chi connectivity index (χ0) is 29.1. The van der Waals surface area contributed by atoms with Gasteiger partial charge in [0.25, 0.3) is 0 Å². The van der Waals surface area contributed by atoms with E-state index < -0.39 is 0 Å². The number of hydrogen-bond donors (Lipinski definition) is 1. The molecule has 0 unspecified atom stereocenters. The maximum Gasteiger partial charge on any atom is 0.223 e. The van der Waals surface area contributed by atoms with Crippen LogP contribution in [-0.4, -0.2) is 71.9 Å². The molecule has 1 aromatic carbocycles. The van der Waals surface area contributed by atoms with Crippen molar-refractivity contribution in [3.63, 3.8) is 0 Å². The van der Waals surface area contributed by atoms with Crippen molar-refractivity contribution in [3.8, 4) is 11.3 Å². The van der Waals surface area contributed by atoms with Crippen LogP contribution >= 0.6 is 0 Å². The molecular formula is C34H48N6O. The van der Waals surface area contributed by atoms with Gasteiger partial charge in [0.15, 0.2) is 5.49 Å². The van der Waals surface area contributed by atoms with Crippen LogP contribution < -0.4 is 5.49 Å². The van der Waals surface area contributed by atoms with Crippen molar-refractivity contribution in [1.82, 2.24) is 19.5 Å². The third-order valence-electron chi connectivity index (χ3n) is 9.50. The van der Waals surface area contributed by atoms with Crippen LogP contribution in [0, 0.1) is 13.8 Å². The Kier molecular flexibility index (Phi) is 9.12. The lowest BCUT2D eigenvalue weighted by molar-refractivity contribution is -0.132. The summed E-state index contributed by atoms with van der Waals surface area (Å²) in [5.41, 5.74) is 9.31. The van der Waals surface area contributed by atoms with Gasteiger partial charge in [0.1, 0.15) is 0 Å². The van der Waals surface area contributed by atoms with E-state index in [0.29, 0.717) is 24.2 Å². The molecule has 3 aromatic rings. The maximum atomic E-state index is 13.0. The quantitative estimate of drug-likeness (QED) is 0.345. The molecule has 0 saturated carbocycles. The lowest BCUT2D eigenvalue weighted by atomic mass is 9.87. The molecule has 7 nitrogen and oxygen atoms in total. The van der Waals surface area contributed by atoms with E-state index in [2.05, 4.69) is 83.7 Å². The van der Waals surface area contributed by atoms with E-state index in [-0.39, 0.29) is 0 Å². The number of pyridine rings is 1. The van der Waals surface area contributed by atoms with Crippen molar-refractivity contribution in [2.45, 2.75) is 84.5 Å². The average molecular weight is 557 g/mol. The predicted octanol–water partition coefficient (Wildman–Crippen LogP) is 6.34. The van der Waals surface area contributed by atoms with E-state index in [0.717, 1.165) is 73.4 Å². The Hall–Kier alpha value is -3.19. The van der Waals surface area contributed by atoms with E-state index >= 15 is 0 Å². The Bertz CT molecular complexity index is 1460. The minimum absolute atomic E-state index is 0.333. The smallest absolute Gasteiger partial charge is 0.223 e. The first kappa shape index (κ1) is 29.3.